The third-order valence-corrected chi connectivity index (χ3v) is 7.43. The number of amides is 2. The van der Waals surface area contributed by atoms with Crippen LogP contribution in [0.4, 0.5) is 11.5 Å². The molecule has 4 aromatic rings. The van der Waals surface area contributed by atoms with E-state index in [1.807, 2.05) is 24.0 Å². The molecule has 10 heteroatoms. The number of aromatic nitrogens is 3. The Balaban J connectivity index is 1.34. The Labute approximate surface area is 218 Å². The van der Waals surface area contributed by atoms with Crippen molar-refractivity contribution in [2.75, 3.05) is 11.1 Å². The standard InChI is InChI=1S/C28H26N6O4/c1-14-10-18(11-19-13-33(27(36)22(14)19)15(2)16-6-7-16)21-8-9-34-25(31-21)23(24(29)32-34)26(35)30-20-5-3-4-17(12-20)28(37)38/h3-5,8-12,15-16H,6-7,13H2,1-2H3,(H2,29,32)(H,30,35)(H,37,38). The number of carboxylic acid groups (broad SMARTS) is 1. The van der Waals surface area contributed by atoms with E-state index in [0.717, 1.165) is 22.3 Å². The van der Waals surface area contributed by atoms with Crippen molar-refractivity contribution in [3.63, 3.8) is 0 Å². The first kappa shape index (κ1) is 23.7. The number of aryl methyl sites for hydroxylation is 1. The van der Waals surface area contributed by atoms with Gasteiger partial charge in [0.25, 0.3) is 11.8 Å². The summed E-state index contributed by atoms with van der Waals surface area (Å²) >= 11 is 0. The molecule has 3 heterocycles. The maximum atomic E-state index is 13.2. The van der Waals surface area contributed by atoms with Gasteiger partial charge < -0.3 is 21.1 Å². The molecule has 6 rings (SSSR count). The molecule has 2 aliphatic rings. The van der Waals surface area contributed by atoms with Crippen molar-refractivity contribution in [2.45, 2.75) is 39.3 Å². The number of carbonyl (C=O) groups excluding carboxylic acids is 2. The van der Waals surface area contributed by atoms with E-state index in [1.54, 1.807) is 24.4 Å². The summed E-state index contributed by atoms with van der Waals surface area (Å²) in [6.45, 7) is 4.64. The summed E-state index contributed by atoms with van der Waals surface area (Å²) in [7, 11) is 0. The topological polar surface area (TPSA) is 143 Å². The Morgan fingerprint density at radius 3 is 2.71 bits per heavy atom. The molecule has 4 N–H and O–H groups in total. The van der Waals surface area contributed by atoms with Crippen LogP contribution in [0.1, 0.15) is 62.0 Å². The molecule has 2 amide bonds. The number of nitrogens with two attached hydrogens (primary N) is 1. The van der Waals surface area contributed by atoms with Gasteiger partial charge >= 0.3 is 5.97 Å². The van der Waals surface area contributed by atoms with E-state index in [4.69, 9.17) is 10.7 Å². The molecule has 0 saturated heterocycles. The molecule has 1 unspecified atom stereocenters. The Morgan fingerprint density at radius 1 is 1.18 bits per heavy atom. The van der Waals surface area contributed by atoms with Crippen LogP contribution in [0.15, 0.2) is 48.7 Å². The molecule has 2 aromatic heterocycles. The van der Waals surface area contributed by atoms with E-state index >= 15 is 0 Å². The first-order valence-corrected chi connectivity index (χ1v) is 12.5. The average Bonchev–Trinajstić information content (AvgIpc) is 3.60. The lowest BCUT2D eigenvalue weighted by Crippen LogP contribution is -2.34. The van der Waals surface area contributed by atoms with Crippen molar-refractivity contribution in [2.24, 2.45) is 5.92 Å². The maximum Gasteiger partial charge on any atom is 0.335 e. The normalized spacial score (nSPS) is 15.5. The minimum absolute atomic E-state index is 0.00183. The minimum atomic E-state index is -1.10. The third kappa shape index (κ3) is 3.94. The zero-order chi connectivity index (χ0) is 26.7. The lowest BCUT2D eigenvalue weighted by Gasteiger charge is -2.24. The second kappa shape index (κ2) is 8.69. The van der Waals surface area contributed by atoms with Crippen molar-refractivity contribution in [1.82, 2.24) is 19.5 Å². The molecule has 38 heavy (non-hydrogen) atoms. The SMILES string of the molecule is Cc1cc(-c2ccn3nc(N)c(C(=O)Nc4cccc(C(=O)O)c4)c3n2)cc2c1C(=O)N(C(C)C1CC1)C2. The highest BCUT2D eigenvalue weighted by Crippen LogP contribution is 2.39. The average molecular weight is 511 g/mol. The molecule has 192 valence electrons. The number of nitrogen functional groups attached to an aromatic ring is 1. The van der Waals surface area contributed by atoms with Crippen LogP contribution in [0.25, 0.3) is 16.9 Å². The predicted octanol–water partition coefficient (Wildman–Crippen LogP) is 3.99. The second-order valence-corrected chi connectivity index (χ2v) is 10.0. The van der Waals surface area contributed by atoms with Crippen LogP contribution < -0.4 is 11.1 Å². The van der Waals surface area contributed by atoms with Crippen LogP contribution >= 0.6 is 0 Å². The van der Waals surface area contributed by atoms with Gasteiger partial charge in [-0.15, -0.1) is 5.10 Å². The Kier molecular flexibility index (Phi) is 5.41. The molecule has 1 aliphatic heterocycles. The Bertz CT molecular complexity index is 1650. The van der Waals surface area contributed by atoms with Crippen molar-refractivity contribution < 1.29 is 19.5 Å². The van der Waals surface area contributed by atoms with Crippen LogP contribution in [0.2, 0.25) is 0 Å². The van der Waals surface area contributed by atoms with Gasteiger partial charge in [-0.25, -0.2) is 14.3 Å². The molecule has 1 saturated carbocycles. The number of rotatable bonds is 6. The van der Waals surface area contributed by atoms with Crippen LogP contribution in [-0.2, 0) is 6.54 Å². The Morgan fingerprint density at radius 2 is 1.97 bits per heavy atom. The predicted molar refractivity (Wildman–Crippen MR) is 141 cm³/mol. The number of benzene rings is 2. The molecular formula is C28H26N6O4. The summed E-state index contributed by atoms with van der Waals surface area (Å²) in [5.74, 6) is -0.978. The minimum Gasteiger partial charge on any atom is -0.478 e. The number of anilines is 2. The molecule has 2 aromatic carbocycles. The summed E-state index contributed by atoms with van der Waals surface area (Å²) < 4.78 is 1.43. The number of nitrogens with one attached hydrogen (secondary N) is 1. The second-order valence-electron chi connectivity index (χ2n) is 10.0. The monoisotopic (exact) mass is 510 g/mol. The fourth-order valence-electron chi connectivity index (χ4n) is 5.25. The lowest BCUT2D eigenvalue weighted by atomic mass is 9.98. The van der Waals surface area contributed by atoms with Crippen LogP contribution in [0.3, 0.4) is 0 Å². The van der Waals surface area contributed by atoms with Crippen molar-refractivity contribution in [1.29, 1.82) is 0 Å². The third-order valence-electron chi connectivity index (χ3n) is 7.43. The van der Waals surface area contributed by atoms with Gasteiger partial charge in [-0.05, 0) is 80.1 Å². The van der Waals surface area contributed by atoms with E-state index < -0.39 is 11.9 Å². The number of fused-ring (bicyclic) bond motifs is 2. The van der Waals surface area contributed by atoms with Crippen molar-refractivity contribution in [3.05, 3.63) is 76.5 Å². The Hall–Kier alpha value is -4.73. The molecule has 1 atom stereocenters. The van der Waals surface area contributed by atoms with Gasteiger partial charge in [-0.3, -0.25) is 9.59 Å². The first-order valence-electron chi connectivity index (χ1n) is 12.5. The van der Waals surface area contributed by atoms with E-state index in [0.29, 0.717) is 23.8 Å². The number of hydrogen-bond acceptors (Lipinski definition) is 6. The molecule has 0 spiro atoms. The summed E-state index contributed by atoms with van der Waals surface area (Å²) in [6.07, 6.45) is 4.03. The van der Waals surface area contributed by atoms with E-state index in [1.165, 1.54) is 29.5 Å². The number of hydrogen-bond donors (Lipinski definition) is 3. The maximum absolute atomic E-state index is 13.2. The fraction of sp³-hybridized carbons (Fsp3) is 0.250. The molecular weight excluding hydrogens is 484 g/mol. The van der Waals surface area contributed by atoms with Crippen LogP contribution in [-0.4, -0.2) is 48.4 Å². The molecule has 1 fully saturated rings. The summed E-state index contributed by atoms with van der Waals surface area (Å²) in [5, 5.41) is 16.1. The van der Waals surface area contributed by atoms with E-state index in [9.17, 15) is 19.5 Å². The summed E-state index contributed by atoms with van der Waals surface area (Å²) in [5.41, 5.74) is 10.9. The first-order chi connectivity index (χ1) is 18.2. The van der Waals surface area contributed by atoms with Crippen LogP contribution in [0.5, 0.6) is 0 Å². The fourth-order valence-corrected chi connectivity index (χ4v) is 5.25. The van der Waals surface area contributed by atoms with Gasteiger partial charge in [0.1, 0.15) is 5.56 Å². The number of aromatic carboxylic acids is 1. The highest BCUT2D eigenvalue weighted by Gasteiger charge is 2.39. The van der Waals surface area contributed by atoms with Gasteiger partial charge in [0.15, 0.2) is 11.5 Å². The van der Waals surface area contributed by atoms with Crippen molar-refractivity contribution in [3.8, 4) is 11.3 Å². The number of carboxylic acids is 1. The van der Waals surface area contributed by atoms with Gasteiger partial charge in [0.2, 0.25) is 0 Å². The number of carbonyl (C=O) groups is 3. The summed E-state index contributed by atoms with van der Waals surface area (Å²) in [4.78, 5) is 44.3. The van der Waals surface area contributed by atoms with Gasteiger partial charge in [-0.2, -0.15) is 0 Å². The highest BCUT2D eigenvalue weighted by atomic mass is 16.4. The zero-order valence-electron chi connectivity index (χ0n) is 20.9. The molecule has 1 aliphatic carbocycles. The molecule has 0 radical (unpaired) electrons. The van der Waals surface area contributed by atoms with Gasteiger partial charge in [0.05, 0.1) is 11.3 Å². The van der Waals surface area contributed by atoms with Crippen molar-refractivity contribution >= 4 is 34.9 Å². The van der Waals surface area contributed by atoms with Gasteiger partial charge in [0, 0.05) is 35.6 Å². The molecule has 10 nitrogen and oxygen atoms in total. The quantitative estimate of drug-likeness (QED) is 0.356. The zero-order valence-corrected chi connectivity index (χ0v) is 20.9. The summed E-state index contributed by atoms with van der Waals surface area (Å²) in [6, 6.07) is 11.9. The van der Waals surface area contributed by atoms with E-state index in [2.05, 4.69) is 17.3 Å². The lowest BCUT2D eigenvalue weighted by molar-refractivity contribution is 0.0688. The smallest absolute Gasteiger partial charge is 0.335 e. The molecule has 0 bridgehead atoms. The van der Waals surface area contributed by atoms with Crippen LogP contribution in [0, 0.1) is 12.8 Å². The van der Waals surface area contributed by atoms with Gasteiger partial charge in [-0.1, -0.05) is 6.07 Å². The highest BCUT2D eigenvalue weighted by molar-refractivity contribution is 6.12. The largest absolute Gasteiger partial charge is 0.478 e. The number of nitrogens with zero attached hydrogens (tertiary/aromatic N) is 4. The van der Waals surface area contributed by atoms with E-state index in [-0.39, 0.29) is 34.5 Å².